The van der Waals surface area contributed by atoms with E-state index in [1.165, 1.54) is 11.3 Å². The fourth-order valence-corrected chi connectivity index (χ4v) is 5.07. The predicted octanol–water partition coefficient (Wildman–Crippen LogP) is 5.56. The van der Waals surface area contributed by atoms with Gasteiger partial charge in [0.1, 0.15) is 0 Å². The number of nitrogens with zero attached hydrogens (tertiary/aromatic N) is 2. The van der Waals surface area contributed by atoms with Gasteiger partial charge in [0.2, 0.25) is 0 Å². The first-order valence-electron chi connectivity index (χ1n) is 10.6. The number of hydrogen-bond acceptors (Lipinski definition) is 3. The van der Waals surface area contributed by atoms with Crippen molar-refractivity contribution < 1.29 is 8.42 Å². The molecular weight excluding hydrogens is 418 g/mol. The van der Waals surface area contributed by atoms with Crippen LogP contribution in [0.1, 0.15) is 28.8 Å². The van der Waals surface area contributed by atoms with Crippen LogP contribution in [0.25, 0.3) is 10.9 Å². The Labute approximate surface area is 189 Å². The summed E-state index contributed by atoms with van der Waals surface area (Å²) in [7, 11) is -3.62. The highest BCUT2D eigenvalue weighted by atomic mass is 32.2. The van der Waals surface area contributed by atoms with Gasteiger partial charge in [0, 0.05) is 28.8 Å². The minimum atomic E-state index is -3.62. The molecule has 0 aliphatic carbocycles. The molecule has 4 rings (SSSR count). The summed E-state index contributed by atoms with van der Waals surface area (Å²) in [4.78, 5) is 0.244. The third-order valence-corrected chi connectivity index (χ3v) is 7.27. The summed E-state index contributed by atoms with van der Waals surface area (Å²) in [6.07, 6.45) is 1.90. The van der Waals surface area contributed by atoms with Gasteiger partial charge in [-0.2, -0.15) is 5.26 Å². The van der Waals surface area contributed by atoms with Gasteiger partial charge in [0.05, 0.1) is 16.5 Å². The van der Waals surface area contributed by atoms with Gasteiger partial charge >= 0.3 is 0 Å². The molecule has 1 heterocycles. The molecule has 0 saturated carbocycles. The first-order valence-corrected chi connectivity index (χ1v) is 12.0. The van der Waals surface area contributed by atoms with Gasteiger partial charge in [0.15, 0.2) is 0 Å². The molecule has 0 radical (unpaired) electrons. The monoisotopic (exact) mass is 443 g/mol. The summed E-state index contributed by atoms with van der Waals surface area (Å²) in [5.74, 6) is 0. The third-order valence-electron chi connectivity index (χ3n) is 5.87. The molecule has 162 valence electrons. The van der Waals surface area contributed by atoms with Crippen molar-refractivity contribution in [3.05, 3.63) is 95.2 Å². The number of nitriles is 1. The lowest BCUT2D eigenvalue weighted by molar-refractivity contribution is 0.601. The fraction of sp³-hybridized carbons (Fsp3) is 0.192. The maximum atomic E-state index is 12.7. The summed E-state index contributed by atoms with van der Waals surface area (Å²) in [6, 6.07) is 24.0. The Bertz CT molecular complexity index is 1400. The number of sulfonamides is 1. The number of nitrogens with one attached hydrogen (secondary N) is 1. The summed E-state index contributed by atoms with van der Waals surface area (Å²) >= 11 is 0. The van der Waals surface area contributed by atoms with Crippen LogP contribution in [0, 0.1) is 25.2 Å². The van der Waals surface area contributed by atoms with E-state index in [2.05, 4.69) is 29.2 Å². The molecule has 32 heavy (non-hydrogen) atoms. The molecule has 0 saturated heterocycles. The molecule has 0 spiro atoms. The Kier molecular flexibility index (Phi) is 6.02. The molecule has 0 atom stereocenters. The number of aryl methyl sites for hydroxylation is 3. The molecule has 0 amide bonds. The number of hydrogen-bond donors (Lipinski definition) is 1. The van der Waals surface area contributed by atoms with E-state index < -0.39 is 10.0 Å². The molecule has 0 bridgehead atoms. The lowest BCUT2D eigenvalue weighted by Crippen LogP contribution is -2.12. The van der Waals surface area contributed by atoms with Crippen molar-refractivity contribution in [3.8, 4) is 6.07 Å². The Balaban J connectivity index is 1.53. The van der Waals surface area contributed by atoms with E-state index >= 15 is 0 Å². The zero-order valence-electron chi connectivity index (χ0n) is 18.2. The Morgan fingerprint density at radius 1 is 0.969 bits per heavy atom. The molecule has 0 aliphatic rings. The highest BCUT2D eigenvalue weighted by Gasteiger charge is 2.16. The minimum absolute atomic E-state index is 0.244. The molecular formula is C26H25N3O2S. The smallest absolute Gasteiger partial charge is 0.261 e. The first kappa shape index (κ1) is 21.7. The Hall–Kier alpha value is -3.56. The minimum Gasteiger partial charge on any atom is -0.345 e. The zero-order chi connectivity index (χ0) is 22.7. The average molecular weight is 444 g/mol. The standard InChI is InChI=1S/C26H25N3O2S/c1-19-20(2)29(16-6-7-21-10-12-22(18-27)13-11-21)26-15-14-23(17-25(19)26)28-32(30,31)24-8-4-3-5-9-24/h3-5,8-15,17,28H,6-7,16H2,1-2H3. The van der Waals surface area contributed by atoms with Crippen LogP contribution in [0.15, 0.2) is 77.7 Å². The van der Waals surface area contributed by atoms with E-state index in [4.69, 9.17) is 5.26 Å². The molecule has 1 aromatic heterocycles. The average Bonchev–Trinajstić information content (AvgIpc) is 3.04. The van der Waals surface area contributed by atoms with Crippen LogP contribution < -0.4 is 4.72 Å². The summed E-state index contributed by atoms with van der Waals surface area (Å²) < 4.78 is 30.3. The van der Waals surface area contributed by atoms with Gasteiger partial charge in [-0.3, -0.25) is 4.72 Å². The highest BCUT2D eigenvalue weighted by Crippen LogP contribution is 2.29. The van der Waals surface area contributed by atoms with Gasteiger partial charge in [0.25, 0.3) is 10.0 Å². The second-order valence-corrected chi connectivity index (χ2v) is 9.61. The lowest BCUT2D eigenvalue weighted by atomic mass is 10.1. The topological polar surface area (TPSA) is 74.9 Å². The second kappa shape index (κ2) is 8.89. The SMILES string of the molecule is Cc1c(C)n(CCCc2ccc(C#N)cc2)c2ccc(NS(=O)(=O)c3ccccc3)cc12. The van der Waals surface area contributed by atoms with Crippen molar-refractivity contribution in [1.29, 1.82) is 5.26 Å². The number of aromatic nitrogens is 1. The van der Waals surface area contributed by atoms with E-state index in [1.54, 1.807) is 30.3 Å². The van der Waals surface area contributed by atoms with Crippen LogP contribution in [0.5, 0.6) is 0 Å². The van der Waals surface area contributed by atoms with E-state index in [-0.39, 0.29) is 4.90 Å². The molecule has 6 heteroatoms. The zero-order valence-corrected chi connectivity index (χ0v) is 19.0. The van der Waals surface area contributed by atoms with Crippen molar-refractivity contribution in [2.24, 2.45) is 0 Å². The Morgan fingerprint density at radius 3 is 2.38 bits per heavy atom. The lowest BCUT2D eigenvalue weighted by Gasteiger charge is -2.10. The van der Waals surface area contributed by atoms with Gasteiger partial charge in [-0.25, -0.2) is 8.42 Å². The molecule has 4 aromatic rings. The van der Waals surface area contributed by atoms with Crippen molar-refractivity contribution in [2.45, 2.75) is 38.1 Å². The maximum Gasteiger partial charge on any atom is 0.261 e. The van der Waals surface area contributed by atoms with Crippen LogP contribution in [-0.2, 0) is 23.0 Å². The van der Waals surface area contributed by atoms with E-state index in [0.717, 1.165) is 35.9 Å². The summed E-state index contributed by atoms with van der Waals surface area (Å²) in [5.41, 5.74) is 5.88. The number of benzene rings is 3. The van der Waals surface area contributed by atoms with Gasteiger partial charge in [-0.15, -0.1) is 0 Å². The quantitative estimate of drug-likeness (QED) is 0.406. The van der Waals surface area contributed by atoms with Crippen LogP contribution in [0.2, 0.25) is 0 Å². The van der Waals surface area contributed by atoms with Crippen LogP contribution in [0.3, 0.4) is 0 Å². The molecule has 1 N–H and O–H groups in total. The summed E-state index contributed by atoms with van der Waals surface area (Å²) in [5, 5.41) is 9.99. The second-order valence-electron chi connectivity index (χ2n) is 7.92. The fourth-order valence-electron chi connectivity index (χ4n) is 4.00. The van der Waals surface area contributed by atoms with Gasteiger partial charge in [-0.1, -0.05) is 30.3 Å². The van der Waals surface area contributed by atoms with Gasteiger partial charge in [-0.05, 0) is 80.3 Å². The van der Waals surface area contributed by atoms with Gasteiger partial charge < -0.3 is 4.57 Å². The van der Waals surface area contributed by atoms with E-state index in [1.807, 2.05) is 42.5 Å². The van der Waals surface area contributed by atoms with Crippen molar-refractivity contribution in [2.75, 3.05) is 4.72 Å². The van der Waals surface area contributed by atoms with Crippen molar-refractivity contribution >= 4 is 26.6 Å². The van der Waals surface area contributed by atoms with E-state index in [0.29, 0.717) is 11.3 Å². The third kappa shape index (κ3) is 4.39. The van der Waals surface area contributed by atoms with Crippen LogP contribution in [0.4, 0.5) is 5.69 Å². The number of anilines is 1. The highest BCUT2D eigenvalue weighted by molar-refractivity contribution is 7.92. The maximum absolute atomic E-state index is 12.7. The van der Waals surface area contributed by atoms with Crippen molar-refractivity contribution in [1.82, 2.24) is 4.57 Å². The molecule has 0 fully saturated rings. The largest absolute Gasteiger partial charge is 0.345 e. The first-order chi connectivity index (χ1) is 15.4. The number of rotatable bonds is 7. The molecule has 0 aliphatic heterocycles. The Morgan fingerprint density at radius 2 is 1.69 bits per heavy atom. The van der Waals surface area contributed by atoms with Crippen LogP contribution in [-0.4, -0.2) is 13.0 Å². The molecule has 3 aromatic carbocycles. The molecule has 5 nitrogen and oxygen atoms in total. The molecule has 0 unspecified atom stereocenters. The van der Waals surface area contributed by atoms with E-state index in [9.17, 15) is 8.42 Å². The predicted molar refractivity (Wildman–Crippen MR) is 128 cm³/mol. The van der Waals surface area contributed by atoms with Crippen molar-refractivity contribution in [3.63, 3.8) is 0 Å². The number of fused-ring (bicyclic) bond motifs is 1. The summed E-state index contributed by atoms with van der Waals surface area (Å²) in [6.45, 7) is 5.04. The normalized spacial score (nSPS) is 11.4. The van der Waals surface area contributed by atoms with Crippen LogP contribution >= 0.6 is 0 Å².